The molecule has 2 saturated carbocycles. The number of fused-ring (bicyclic) bond motifs is 1. The number of esters is 1. The molecule has 2 aliphatic rings. The summed E-state index contributed by atoms with van der Waals surface area (Å²) in [5, 5.41) is 0. The normalized spacial score (nSPS) is 41.0. The average Bonchev–Trinajstić information content (AvgIpc) is 2.55. The fourth-order valence-electron chi connectivity index (χ4n) is 2.86. The molecule has 0 aromatic carbocycles. The van der Waals surface area contributed by atoms with E-state index in [4.69, 9.17) is 5.73 Å². The van der Waals surface area contributed by atoms with Gasteiger partial charge in [0.15, 0.2) is 0 Å². The van der Waals surface area contributed by atoms with E-state index in [0.717, 1.165) is 19.3 Å². The number of hydrogen-bond donors (Lipinski definition) is 1. The van der Waals surface area contributed by atoms with Crippen molar-refractivity contribution in [2.45, 2.75) is 19.3 Å². The molecule has 0 radical (unpaired) electrons. The molecule has 2 rings (SSSR count). The number of rotatable bonds is 2. The van der Waals surface area contributed by atoms with Crippen molar-refractivity contribution in [3.8, 4) is 0 Å². The van der Waals surface area contributed by atoms with Crippen LogP contribution in [0.3, 0.4) is 0 Å². The Bertz CT molecular complexity index is 276. The lowest BCUT2D eigenvalue weighted by molar-refractivity contribution is -0.145. The highest BCUT2D eigenvalue weighted by atomic mass is 16.5. The van der Waals surface area contributed by atoms with Crippen LogP contribution in [0.5, 0.6) is 0 Å². The van der Waals surface area contributed by atoms with E-state index in [-0.39, 0.29) is 23.7 Å². The minimum atomic E-state index is -0.535. The Labute approximate surface area is 76.4 Å². The Balaban J connectivity index is 2.20. The Hall–Kier alpha value is -1.06. The maximum Gasteiger partial charge on any atom is 0.310 e. The van der Waals surface area contributed by atoms with Gasteiger partial charge in [-0.2, -0.15) is 0 Å². The van der Waals surface area contributed by atoms with E-state index in [1.54, 1.807) is 0 Å². The summed E-state index contributed by atoms with van der Waals surface area (Å²) in [6.45, 7) is 0. The Morgan fingerprint density at radius 1 is 1.54 bits per heavy atom. The molecule has 0 aliphatic heterocycles. The molecule has 4 nitrogen and oxygen atoms in total. The van der Waals surface area contributed by atoms with E-state index in [9.17, 15) is 9.59 Å². The third-order valence-corrected chi connectivity index (χ3v) is 3.53. The third kappa shape index (κ3) is 0.857. The molecule has 0 aromatic rings. The minimum absolute atomic E-state index is 0.164. The zero-order chi connectivity index (χ0) is 9.64. The number of methoxy groups -OCH3 is 1. The summed E-state index contributed by atoms with van der Waals surface area (Å²) in [4.78, 5) is 22.5. The molecule has 0 saturated heterocycles. The summed E-state index contributed by atoms with van der Waals surface area (Å²) in [6, 6.07) is 0. The van der Waals surface area contributed by atoms with Gasteiger partial charge in [-0.25, -0.2) is 0 Å². The van der Waals surface area contributed by atoms with Crippen LogP contribution in [-0.4, -0.2) is 19.0 Å². The number of hydrogen-bond acceptors (Lipinski definition) is 3. The lowest BCUT2D eigenvalue weighted by Gasteiger charge is -2.08. The van der Waals surface area contributed by atoms with Gasteiger partial charge in [0.1, 0.15) is 0 Å². The highest BCUT2D eigenvalue weighted by Gasteiger charge is 2.73. The molecule has 2 fully saturated rings. The first kappa shape index (κ1) is 8.53. The molecular formula is C9H13NO3. The van der Waals surface area contributed by atoms with Gasteiger partial charge < -0.3 is 10.5 Å². The van der Waals surface area contributed by atoms with E-state index in [1.165, 1.54) is 7.11 Å². The molecule has 0 heterocycles. The first-order valence-corrected chi connectivity index (χ1v) is 4.52. The molecular weight excluding hydrogens is 170 g/mol. The van der Waals surface area contributed by atoms with Gasteiger partial charge in [0, 0.05) is 0 Å². The summed E-state index contributed by atoms with van der Waals surface area (Å²) in [5.74, 6) is -0.685. The van der Waals surface area contributed by atoms with Crippen molar-refractivity contribution in [3.63, 3.8) is 0 Å². The Kier molecular flexibility index (Phi) is 1.62. The summed E-state index contributed by atoms with van der Waals surface area (Å²) >= 11 is 0. The van der Waals surface area contributed by atoms with Gasteiger partial charge in [-0.05, 0) is 18.8 Å². The van der Waals surface area contributed by atoms with E-state index >= 15 is 0 Å². The molecule has 0 bridgehead atoms. The SMILES string of the molecule is COC(=O)C1C2CCCC21C(N)=O. The summed E-state index contributed by atoms with van der Waals surface area (Å²) < 4.78 is 4.64. The number of carbonyl (C=O) groups is 2. The average molecular weight is 183 g/mol. The zero-order valence-electron chi connectivity index (χ0n) is 7.58. The van der Waals surface area contributed by atoms with E-state index in [1.807, 2.05) is 0 Å². The highest BCUT2D eigenvalue weighted by Crippen LogP contribution is 2.68. The number of nitrogens with two attached hydrogens (primary N) is 1. The molecule has 0 spiro atoms. The van der Waals surface area contributed by atoms with Gasteiger partial charge in [0.2, 0.25) is 5.91 Å². The van der Waals surface area contributed by atoms with Crippen LogP contribution in [0.4, 0.5) is 0 Å². The van der Waals surface area contributed by atoms with Crippen LogP contribution in [0.15, 0.2) is 0 Å². The summed E-state index contributed by atoms with van der Waals surface area (Å²) in [6.07, 6.45) is 2.69. The molecule has 4 heteroatoms. The number of carbonyl (C=O) groups excluding carboxylic acids is 2. The predicted octanol–water partition coefficient (Wildman–Crippen LogP) is 0.0610. The molecule has 72 valence electrons. The van der Waals surface area contributed by atoms with Crippen molar-refractivity contribution in [1.29, 1.82) is 0 Å². The van der Waals surface area contributed by atoms with Gasteiger partial charge in [-0.3, -0.25) is 9.59 Å². The van der Waals surface area contributed by atoms with Crippen molar-refractivity contribution in [1.82, 2.24) is 0 Å². The molecule has 2 aliphatic carbocycles. The molecule has 3 atom stereocenters. The van der Waals surface area contributed by atoms with Gasteiger partial charge in [-0.15, -0.1) is 0 Å². The molecule has 1 amide bonds. The van der Waals surface area contributed by atoms with Crippen molar-refractivity contribution >= 4 is 11.9 Å². The summed E-state index contributed by atoms with van der Waals surface area (Å²) in [5.41, 5.74) is 4.78. The number of amides is 1. The van der Waals surface area contributed by atoms with E-state index in [0.29, 0.717) is 0 Å². The first-order chi connectivity index (χ1) is 6.14. The maximum absolute atomic E-state index is 11.3. The third-order valence-electron chi connectivity index (χ3n) is 3.53. The van der Waals surface area contributed by atoms with Gasteiger partial charge in [0.25, 0.3) is 0 Å². The van der Waals surface area contributed by atoms with Crippen LogP contribution in [0.1, 0.15) is 19.3 Å². The van der Waals surface area contributed by atoms with Crippen molar-refractivity contribution in [2.24, 2.45) is 23.0 Å². The number of primary amides is 1. The van der Waals surface area contributed by atoms with Gasteiger partial charge in [0.05, 0.1) is 18.4 Å². The fraction of sp³-hybridized carbons (Fsp3) is 0.778. The van der Waals surface area contributed by atoms with Crippen LogP contribution in [0.25, 0.3) is 0 Å². The monoisotopic (exact) mass is 183 g/mol. The summed E-state index contributed by atoms with van der Waals surface area (Å²) in [7, 11) is 1.35. The standard InChI is InChI=1S/C9H13NO3/c1-13-7(11)6-5-3-2-4-9(5,6)8(10)12/h5-6H,2-4H2,1H3,(H2,10,12). The molecule has 2 N–H and O–H groups in total. The van der Waals surface area contributed by atoms with Crippen LogP contribution < -0.4 is 5.73 Å². The quantitative estimate of drug-likeness (QED) is 0.615. The van der Waals surface area contributed by atoms with Gasteiger partial charge in [-0.1, -0.05) is 6.42 Å². The molecule has 13 heavy (non-hydrogen) atoms. The zero-order valence-corrected chi connectivity index (χ0v) is 7.58. The largest absolute Gasteiger partial charge is 0.469 e. The second-order valence-electron chi connectivity index (χ2n) is 3.90. The lowest BCUT2D eigenvalue weighted by Crippen LogP contribution is -2.28. The predicted molar refractivity (Wildman–Crippen MR) is 44.5 cm³/mol. The molecule has 3 unspecified atom stereocenters. The van der Waals surface area contributed by atoms with Crippen LogP contribution in [0.2, 0.25) is 0 Å². The van der Waals surface area contributed by atoms with Crippen LogP contribution >= 0.6 is 0 Å². The minimum Gasteiger partial charge on any atom is -0.469 e. The Morgan fingerprint density at radius 3 is 2.69 bits per heavy atom. The Morgan fingerprint density at radius 2 is 2.23 bits per heavy atom. The highest BCUT2D eigenvalue weighted by molar-refractivity contribution is 5.94. The fourth-order valence-corrected chi connectivity index (χ4v) is 2.86. The first-order valence-electron chi connectivity index (χ1n) is 4.52. The van der Waals surface area contributed by atoms with Crippen molar-refractivity contribution in [3.05, 3.63) is 0 Å². The second-order valence-corrected chi connectivity index (χ2v) is 3.90. The second kappa shape index (κ2) is 2.47. The molecule has 0 aromatic heterocycles. The lowest BCUT2D eigenvalue weighted by atomic mass is 9.99. The smallest absolute Gasteiger partial charge is 0.310 e. The van der Waals surface area contributed by atoms with Crippen molar-refractivity contribution in [2.75, 3.05) is 7.11 Å². The topological polar surface area (TPSA) is 69.4 Å². The van der Waals surface area contributed by atoms with Gasteiger partial charge >= 0.3 is 5.97 Å². The van der Waals surface area contributed by atoms with Crippen molar-refractivity contribution < 1.29 is 14.3 Å². The van der Waals surface area contributed by atoms with E-state index in [2.05, 4.69) is 4.74 Å². The van der Waals surface area contributed by atoms with E-state index < -0.39 is 5.41 Å². The maximum atomic E-state index is 11.3. The van der Waals surface area contributed by atoms with Crippen LogP contribution in [-0.2, 0) is 14.3 Å². The number of ether oxygens (including phenoxy) is 1. The van der Waals surface area contributed by atoms with Crippen LogP contribution in [0, 0.1) is 17.3 Å².